The normalized spacial score (nSPS) is 16.7. The zero-order chi connectivity index (χ0) is 20.8. The molecule has 1 atom stereocenters. The van der Waals surface area contributed by atoms with Gasteiger partial charge in [0.2, 0.25) is 0 Å². The van der Waals surface area contributed by atoms with Crippen molar-refractivity contribution in [3.05, 3.63) is 76.3 Å². The second kappa shape index (κ2) is 9.95. The highest BCUT2D eigenvalue weighted by atomic mass is 16.5. The maximum Gasteiger partial charge on any atom is 0.258 e. The van der Waals surface area contributed by atoms with Gasteiger partial charge in [-0.1, -0.05) is 42.5 Å². The summed E-state index contributed by atoms with van der Waals surface area (Å²) in [6.45, 7) is 5.55. The Labute approximate surface area is 175 Å². The predicted molar refractivity (Wildman–Crippen MR) is 116 cm³/mol. The van der Waals surface area contributed by atoms with Crippen molar-refractivity contribution in [2.45, 2.75) is 19.3 Å². The molecule has 1 aromatic heterocycles. The molecule has 7 nitrogen and oxygen atoms in total. The Bertz CT molecular complexity index is 1000. The molecule has 0 spiro atoms. The molecular formula is C23H28N4O3. The van der Waals surface area contributed by atoms with Gasteiger partial charge in [0, 0.05) is 32.7 Å². The van der Waals surface area contributed by atoms with Crippen LogP contribution in [0.2, 0.25) is 0 Å². The second-order valence-electron chi connectivity index (χ2n) is 7.76. The number of aliphatic hydroxyl groups excluding tert-OH is 1. The summed E-state index contributed by atoms with van der Waals surface area (Å²) in [5.41, 5.74) is 1.75. The van der Waals surface area contributed by atoms with Crippen LogP contribution in [0.15, 0.2) is 59.4 Å². The van der Waals surface area contributed by atoms with Gasteiger partial charge < -0.3 is 14.8 Å². The lowest BCUT2D eigenvalue weighted by Crippen LogP contribution is -2.48. The quantitative estimate of drug-likeness (QED) is 0.590. The first-order valence-corrected chi connectivity index (χ1v) is 10.4. The van der Waals surface area contributed by atoms with Gasteiger partial charge in [-0.25, -0.2) is 4.98 Å². The maximum absolute atomic E-state index is 12.2. The summed E-state index contributed by atoms with van der Waals surface area (Å²) in [7, 11) is 0. The number of ether oxygens (including phenoxy) is 1. The first-order chi connectivity index (χ1) is 14.7. The number of hydrogen-bond acceptors (Lipinski definition) is 6. The number of nitrogens with one attached hydrogen (secondary N) is 1. The maximum atomic E-state index is 12.2. The van der Waals surface area contributed by atoms with Crippen molar-refractivity contribution in [3.63, 3.8) is 0 Å². The average molecular weight is 409 g/mol. The molecule has 0 saturated carbocycles. The van der Waals surface area contributed by atoms with Gasteiger partial charge in [0.25, 0.3) is 5.56 Å². The molecule has 158 valence electrons. The third-order valence-electron chi connectivity index (χ3n) is 5.39. The van der Waals surface area contributed by atoms with E-state index < -0.39 is 6.10 Å². The van der Waals surface area contributed by atoms with Crippen molar-refractivity contribution in [2.75, 3.05) is 39.3 Å². The monoisotopic (exact) mass is 408 g/mol. The summed E-state index contributed by atoms with van der Waals surface area (Å²) >= 11 is 0. The molecule has 0 bridgehead atoms. The minimum absolute atomic E-state index is 0.0899. The number of rotatable bonds is 8. The van der Waals surface area contributed by atoms with E-state index in [1.807, 2.05) is 48.5 Å². The summed E-state index contributed by atoms with van der Waals surface area (Å²) in [6, 6.07) is 17.4. The molecule has 1 unspecified atom stereocenters. The third kappa shape index (κ3) is 5.52. The second-order valence-corrected chi connectivity index (χ2v) is 7.76. The Hall–Kier alpha value is -2.58. The molecule has 2 heterocycles. The topological polar surface area (TPSA) is 81.7 Å². The van der Waals surface area contributed by atoms with E-state index >= 15 is 0 Å². The molecule has 7 heteroatoms. The van der Waals surface area contributed by atoms with Gasteiger partial charge in [-0.3, -0.25) is 14.6 Å². The highest BCUT2D eigenvalue weighted by molar-refractivity contribution is 5.77. The molecule has 2 aromatic carbocycles. The Morgan fingerprint density at radius 3 is 2.50 bits per heavy atom. The van der Waals surface area contributed by atoms with E-state index in [-0.39, 0.29) is 5.56 Å². The van der Waals surface area contributed by atoms with Gasteiger partial charge in [0.1, 0.15) is 5.82 Å². The van der Waals surface area contributed by atoms with Crippen LogP contribution in [-0.2, 0) is 17.9 Å². The first-order valence-electron chi connectivity index (χ1n) is 10.4. The van der Waals surface area contributed by atoms with E-state index in [2.05, 4.69) is 19.8 Å². The number of aromatic nitrogens is 2. The molecule has 1 aliphatic heterocycles. The van der Waals surface area contributed by atoms with Gasteiger partial charge in [0.05, 0.1) is 36.8 Å². The van der Waals surface area contributed by atoms with Crippen LogP contribution in [0, 0.1) is 0 Å². The van der Waals surface area contributed by atoms with Crippen molar-refractivity contribution in [2.24, 2.45) is 0 Å². The Balaban J connectivity index is 1.21. The molecule has 0 radical (unpaired) electrons. The number of β-amino-alcohol motifs (C(OH)–C–C–N with tert-alkyl or cyclic N) is 1. The van der Waals surface area contributed by atoms with Crippen LogP contribution >= 0.6 is 0 Å². The molecule has 0 amide bonds. The van der Waals surface area contributed by atoms with Crippen LogP contribution in [0.5, 0.6) is 0 Å². The van der Waals surface area contributed by atoms with Crippen molar-refractivity contribution in [1.82, 2.24) is 19.8 Å². The standard InChI is InChI=1S/C23H28N4O3/c28-19(17-30-16-18-6-2-1-3-7-18)14-26-10-12-27(13-11-26)15-22-24-21-9-5-4-8-20(21)23(29)25-22/h1-9,19,28H,10-17H2,(H,24,25,29). The molecule has 1 aliphatic rings. The molecule has 30 heavy (non-hydrogen) atoms. The number of fused-ring (bicyclic) bond motifs is 1. The fourth-order valence-electron chi connectivity index (χ4n) is 3.79. The Morgan fingerprint density at radius 1 is 1.00 bits per heavy atom. The summed E-state index contributed by atoms with van der Waals surface area (Å²) in [6.07, 6.45) is -0.501. The van der Waals surface area contributed by atoms with Crippen LogP contribution in [0.1, 0.15) is 11.4 Å². The van der Waals surface area contributed by atoms with Gasteiger partial charge in [0.15, 0.2) is 0 Å². The van der Waals surface area contributed by atoms with Crippen molar-refractivity contribution in [1.29, 1.82) is 0 Å². The lowest BCUT2D eigenvalue weighted by Gasteiger charge is -2.35. The van der Waals surface area contributed by atoms with Gasteiger partial charge in [-0.05, 0) is 17.7 Å². The zero-order valence-electron chi connectivity index (χ0n) is 17.0. The van der Waals surface area contributed by atoms with Crippen molar-refractivity contribution >= 4 is 10.9 Å². The van der Waals surface area contributed by atoms with Crippen LogP contribution in [0.4, 0.5) is 0 Å². The minimum Gasteiger partial charge on any atom is -0.389 e. The van der Waals surface area contributed by atoms with Crippen LogP contribution in [-0.4, -0.2) is 70.3 Å². The fraction of sp³-hybridized carbons (Fsp3) is 0.391. The van der Waals surface area contributed by atoms with E-state index in [0.717, 1.165) is 37.3 Å². The van der Waals surface area contributed by atoms with Crippen LogP contribution < -0.4 is 5.56 Å². The summed E-state index contributed by atoms with van der Waals surface area (Å²) in [5, 5.41) is 10.9. The fourth-order valence-corrected chi connectivity index (χ4v) is 3.79. The SMILES string of the molecule is O=c1[nH]c(CN2CCN(CC(O)COCc3ccccc3)CC2)nc2ccccc12. The van der Waals surface area contributed by atoms with E-state index in [1.54, 1.807) is 6.07 Å². The number of aliphatic hydroxyl groups is 1. The van der Waals surface area contributed by atoms with E-state index in [9.17, 15) is 9.90 Å². The Morgan fingerprint density at radius 2 is 1.70 bits per heavy atom. The first kappa shape index (κ1) is 20.7. The highest BCUT2D eigenvalue weighted by Crippen LogP contribution is 2.10. The largest absolute Gasteiger partial charge is 0.389 e. The number of benzene rings is 2. The zero-order valence-corrected chi connectivity index (χ0v) is 17.0. The number of piperazine rings is 1. The number of H-pyrrole nitrogens is 1. The summed E-state index contributed by atoms with van der Waals surface area (Å²) in [4.78, 5) is 24.3. The number of aromatic amines is 1. The smallest absolute Gasteiger partial charge is 0.258 e. The number of para-hydroxylation sites is 1. The molecule has 4 rings (SSSR count). The summed E-state index contributed by atoms with van der Waals surface area (Å²) in [5.74, 6) is 0.696. The molecule has 1 saturated heterocycles. The van der Waals surface area contributed by atoms with E-state index in [1.165, 1.54) is 0 Å². The predicted octanol–water partition coefficient (Wildman–Crippen LogP) is 1.62. The number of hydrogen-bond donors (Lipinski definition) is 2. The third-order valence-corrected chi connectivity index (χ3v) is 5.39. The average Bonchev–Trinajstić information content (AvgIpc) is 2.76. The molecule has 1 fully saturated rings. The molecular weight excluding hydrogens is 380 g/mol. The molecule has 2 N–H and O–H groups in total. The lowest BCUT2D eigenvalue weighted by molar-refractivity contribution is 0.000720. The van der Waals surface area contributed by atoms with E-state index in [4.69, 9.17) is 4.74 Å². The van der Waals surface area contributed by atoms with Gasteiger partial charge >= 0.3 is 0 Å². The van der Waals surface area contributed by atoms with Crippen molar-refractivity contribution < 1.29 is 9.84 Å². The number of nitrogens with zero attached hydrogens (tertiary/aromatic N) is 3. The summed E-state index contributed by atoms with van der Waals surface area (Å²) < 4.78 is 5.64. The lowest BCUT2D eigenvalue weighted by atomic mass is 10.2. The van der Waals surface area contributed by atoms with Crippen LogP contribution in [0.3, 0.4) is 0 Å². The van der Waals surface area contributed by atoms with Gasteiger partial charge in [-0.2, -0.15) is 0 Å². The van der Waals surface area contributed by atoms with Crippen LogP contribution in [0.25, 0.3) is 10.9 Å². The highest BCUT2D eigenvalue weighted by Gasteiger charge is 2.20. The van der Waals surface area contributed by atoms with Gasteiger partial charge in [-0.15, -0.1) is 0 Å². The minimum atomic E-state index is -0.501. The molecule has 0 aliphatic carbocycles. The van der Waals surface area contributed by atoms with Crippen molar-refractivity contribution in [3.8, 4) is 0 Å². The van der Waals surface area contributed by atoms with E-state index in [0.29, 0.717) is 37.5 Å². The Kier molecular flexibility index (Phi) is 6.86. The molecule has 3 aromatic rings.